The van der Waals surface area contributed by atoms with Crippen LogP contribution in [0.3, 0.4) is 0 Å². The van der Waals surface area contributed by atoms with Crippen molar-refractivity contribution < 1.29 is 23.0 Å². The Bertz CT molecular complexity index is 678. The zero-order valence-corrected chi connectivity index (χ0v) is 12.5. The summed E-state index contributed by atoms with van der Waals surface area (Å²) in [6.07, 6.45) is 1.78. The molecule has 0 saturated heterocycles. The number of halogens is 2. The fourth-order valence-corrected chi connectivity index (χ4v) is 2.24. The Kier molecular flexibility index (Phi) is 4.57. The van der Waals surface area contributed by atoms with Gasteiger partial charge in [0.05, 0.1) is 5.69 Å². The SMILES string of the molecule is Cc1ccc(CNCc2cc3c(cc2OC(F)F)OCO3)nc1. The Labute approximate surface area is 132 Å². The number of rotatable bonds is 6. The van der Waals surface area contributed by atoms with Crippen molar-refractivity contribution in [2.24, 2.45) is 0 Å². The molecule has 1 aromatic carbocycles. The average molecular weight is 322 g/mol. The molecule has 0 saturated carbocycles. The topological polar surface area (TPSA) is 52.6 Å². The van der Waals surface area contributed by atoms with Gasteiger partial charge in [0.25, 0.3) is 0 Å². The lowest BCUT2D eigenvalue weighted by molar-refractivity contribution is -0.0505. The van der Waals surface area contributed by atoms with Crippen molar-refractivity contribution in [3.63, 3.8) is 0 Å². The highest BCUT2D eigenvalue weighted by atomic mass is 19.3. The van der Waals surface area contributed by atoms with Gasteiger partial charge in [0.2, 0.25) is 6.79 Å². The molecule has 0 atom stereocenters. The number of benzene rings is 1. The van der Waals surface area contributed by atoms with Crippen LogP contribution in [0.1, 0.15) is 16.8 Å². The lowest BCUT2D eigenvalue weighted by Gasteiger charge is -2.12. The lowest BCUT2D eigenvalue weighted by atomic mass is 10.1. The molecular formula is C16H16F2N2O3. The van der Waals surface area contributed by atoms with E-state index < -0.39 is 6.61 Å². The van der Waals surface area contributed by atoms with Crippen LogP contribution < -0.4 is 19.5 Å². The van der Waals surface area contributed by atoms with Crippen molar-refractivity contribution in [2.75, 3.05) is 6.79 Å². The number of alkyl halides is 2. The van der Waals surface area contributed by atoms with Gasteiger partial charge in [-0.2, -0.15) is 8.78 Å². The fraction of sp³-hybridized carbons (Fsp3) is 0.312. The number of ether oxygens (including phenoxy) is 3. The third-order valence-corrected chi connectivity index (χ3v) is 3.37. The molecular weight excluding hydrogens is 306 g/mol. The minimum absolute atomic E-state index is 0.0770. The van der Waals surface area contributed by atoms with E-state index >= 15 is 0 Å². The summed E-state index contributed by atoms with van der Waals surface area (Å²) in [5.41, 5.74) is 2.52. The summed E-state index contributed by atoms with van der Waals surface area (Å²) >= 11 is 0. The maximum atomic E-state index is 12.6. The van der Waals surface area contributed by atoms with Crippen LogP contribution in [0, 0.1) is 6.92 Å². The summed E-state index contributed by atoms with van der Waals surface area (Å²) in [5, 5.41) is 3.16. The summed E-state index contributed by atoms with van der Waals surface area (Å²) in [5.74, 6) is 1.01. The van der Waals surface area contributed by atoms with E-state index in [2.05, 4.69) is 15.0 Å². The van der Waals surface area contributed by atoms with Crippen LogP contribution in [-0.2, 0) is 13.1 Å². The molecule has 0 bridgehead atoms. The Balaban J connectivity index is 1.69. The van der Waals surface area contributed by atoms with E-state index in [1.54, 1.807) is 12.3 Å². The van der Waals surface area contributed by atoms with E-state index in [0.717, 1.165) is 11.3 Å². The molecule has 1 aliphatic heterocycles. The molecule has 5 nitrogen and oxygen atoms in total. The van der Waals surface area contributed by atoms with Gasteiger partial charge in [-0.3, -0.25) is 4.98 Å². The van der Waals surface area contributed by atoms with Gasteiger partial charge in [0, 0.05) is 30.9 Å². The highest BCUT2D eigenvalue weighted by molar-refractivity contribution is 5.51. The van der Waals surface area contributed by atoms with E-state index in [0.29, 0.717) is 30.2 Å². The molecule has 0 radical (unpaired) electrons. The monoisotopic (exact) mass is 322 g/mol. The summed E-state index contributed by atoms with van der Waals surface area (Å²) in [6, 6.07) is 6.96. The first-order valence-electron chi connectivity index (χ1n) is 7.11. The van der Waals surface area contributed by atoms with E-state index in [1.165, 1.54) is 6.07 Å². The molecule has 23 heavy (non-hydrogen) atoms. The van der Waals surface area contributed by atoms with E-state index in [9.17, 15) is 8.78 Å². The molecule has 7 heteroatoms. The normalized spacial score (nSPS) is 12.7. The van der Waals surface area contributed by atoms with Gasteiger partial charge < -0.3 is 19.5 Å². The standard InChI is InChI=1S/C16H16F2N2O3/c1-10-2-3-12(20-6-10)8-19-7-11-4-14-15(22-9-21-14)5-13(11)23-16(17)18/h2-6,16,19H,7-9H2,1H3. The van der Waals surface area contributed by atoms with E-state index in [4.69, 9.17) is 9.47 Å². The minimum atomic E-state index is -2.90. The van der Waals surface area contributed by atoms with Gasteiger partial charge in [0.15, 0.2) is 11.5 Å². The highest BCUT2D eigenvalue weighted by Gasteiger charge is 2.19. The Morgan fingerprint density at radius 3 is 2.70 bits per heavy atom. The van der Waals surface area contributed by atoms with Crippen molar-refractivity contribution in [1.29, 1.82) is 0 Å². The Morgan fingerprint density at radius 2 is 2.00 bits per heavy atom. The van der Waals surface area contributed by atoms with Crippen LogP contribution in [0.15, 0.2) is 30.5 Å². The molecule has 1 aliphatic rings. The van der Waals surface area contributed by atoms with Gasteiger partial charge in [-0.25, -0.2) is 0 Å². The fourth-order valence-electron chi connectivity index (χ4n) is 2.24. The zero-order valence-electron chi connectivity index (χ0n) is 12.5. The summed E-state index contributed by atoms with van der Waals surface area (Å²) in [6.45, 7) is 0.00283. The Morgan fingerprint density at radius 1 is 1.22 bits per heavy atom. The largest absolute Gasteiger partial charge is 0.454 e. The maximum absolute atomic E-state index is 12.6. The first kappa shape index (κ1) is 15.5. The number of aryl methyl sites for hydroxylation is 1. The summed E-state index contributed by atoms with van der Waals surface area (Å²) in [7, 11) is 0. The van der Waals surface area contributed by atoms with Crippen LogP contribution in [0.2, 0.25) is 0 Å². The quantitative estimate of drug-likeness (QED) is 0.886. The number of nitrogens with zero attached hydrogens (tertiary/aromatic N) is 1. The molecule has 0 unspecified atom stereocenters. The van der Waals surface area contributed by atoms with Crippen molar-refractivity contribution in [3.05, 3.63) is 47.3 Å². The molecule has 1 aromatic heterocycles. The van der Waals surface area contributed by atoms with Crippen LogP contribution in [-0.4, -0.2) is 18.4 Å². The molecule has 2 heterocycles. The number of nitrogens with one attached hydrogen (secondary N) is 1. The molecule has 1 N–H and O–H groups in total. The van der Waals surface area contributed by atoms with Gasteiger partial charge in [-0.15, -0.1) is 0 Å². The van der Waals surface area contributed by atoms with Gasteiger partial charge in [0.1, 0.15) is 5.75 Å². The van der Waals surface area contributed by atoms with Crippen LogP contribution in [0.25, 0.3) is 0 Å². The smallest absolute Gasteiger partial charge is 0.387 e. The van der Waals surface area contributed by atoms with Crippen molar-refractivity contribution >= 4 is 0 Å². The predicted octanol–water partition coefficient (Wildman–Crippen LogP) is 3.01. The highest BCUT2D eigenvalue weighted by Crippen LogP contribution is 2.38. The first-order valence-corrected chi connectivity index (χ1v) is 7.11. The molecule has 0 fully saturated rings. The number of pyridine rings is 1. The van der Waals surface area contributed by atoms with E-state index in [1.807, 2.05) is 19.1 Å². The lowest BCUT2D eigenvalue weighted by Crippen LogP contribution is -2.15. The molecule has 0 spiro atoms. The second-order valence-electron chi connectivity index (χ2n) is 5.12. The summed E-state index contributed by atoms with van der Waals surface area (Å²) < 4.78 is 40.1. The molecule has 122 valence electrons. The first-order chi connectivity index (χ1) is 11.1. The van der Waals surface area contributed by atoms with Gasteiger partial charge >= 0.3 is 6.61 Å². The minimum Gasteiger partial charge on any atom is -0.454 e. The van der Waals surface area contributed by atoms with E-state index in [-0.39, 0.29) is 12.5 Å². The second kappa shape index (κ2) is 6.78. The molecule has 0 amide bonds. The number of fused-ring (bicyclic) bond motifs is 1. The van der Waals surface area contributed by atoms with Crippen LogP contribution >= 0.6 is 0 Å². The Hall–Kier alpha value is -2.41. The maximum Gasteiger partial charge on any atom is 0.387 e. The summed E-state index contributed by atoms with van der Waals surface area (Å²) in [4.78, 5) is 4.28. The van der Waals surface area contributed by atoms with Gasteiger partial charge in [-0.1, -0.05) is 6.07 Å². The van der Waals surface area contributed by atoms with Gasteiger partial charge in [-0.05, 0) is 24.6 Å². The second-order valence-corrected chi connectivity index (χ2v) is 5.12. The number of aromatic nitrogens is 1. The third kappa shape index (κ3) is 3.87. The third-order valence-electron chi connectivity index (χ3n) is 3.37. The zero-order chi connectivity index (χ0) is 16.2. The van der Waals surface area contributed by atoms with Crippen LogP contribution in [0.5, 0.6) is 17.2 Å². The van der Waals surface area contributed by atoms with Crippen molar-refractivity contribution in [1.82, 2.24) is 10.3 Å². The van der Waals surface area contributed by atoms with Crippen molar-refractivity contribution in [2.45, 2.75) is 26.6 Å². The average Bonchev–Trinajstić information content (AvgIpc) is 2.96. The molecule has 3 rings (SSSR count). The molecule has 0 aliphatic carbocycles. The number of hydrogen-bond acceptors (Lipinski definition) is 5. The van der Waals surface area contributed by atoms with Crippen molar-refractivity contribution in [3.8, 4) is 17.2 Å². The predicted molar refractivity (Wildman–Crippen MR) is 78.7 cm³/mol. The number of hydrogen-bond donors (Lipinski definition) is 1. The van der Waals surface area contributed by atoms with Crippen LogP contribution in [0.4, 0.5) is 8.78 Å². The molecule has 2 aromatic rings.